The van der Waals surface area contributed by atoms with Crippen LogP contribution in [0.4, 0.5) is 14.4 Å². The maximum Gasteiger partial charge on any atom is 0.408 e. The Morgan fingerprint density at radius 2 is 1.12 bits per heavy atom. The van der Waals surface area contributed by atoms with E-state index in [0.717, 1.165) is 44.1 Å². The number of hydrogen-bond acceptors (Lipinski definition) is 12. The third-order valence-electron chi connectivity index (χ3n) is 10.6. The first-order valence-electron chi connectivity index (χ1n) is 24.5. The average molecular weight is 955 g/mol. The summed E-state index contributed by atoms with van der Waals surface area (Å²) in [6.07, 6.45) is 15.4. The van der Waals surface area contributed by atoms with Crippen LogP contribution in [0, 0.1) is 11.3 Å². The van der Waals surface area contributed by atoms with Gasteiger partial charge < -0.3 is 54.8 Å². The van der Waals surface area contributed by atoms with Crippen LogP contribution >= 0.6 is 11.8 Å². The van der Waals surface area contributed by atoms with Crippen molar-refractivity contribution in [2.24, 2.45) is 11.3 Å². The van der Waals surface area contributed by atoms with Gasteiger partial charge in [0.15, 0.2) is 0 Å². The van der Waals surface area contributed by atoms with Gasteiger partial charge in [0, 0.05) is 31.1 Å². The lowest BCUT2D eigenvalue weighted by Gasteiger charge is -2.26. The van der Waals surface area contributed by atoms with Gasteiger partial charge in [0.1, 0.15) is 25.4 Å². The molecule has 0 spiro atoms. The molecule has 1 aromatic rings. The third kappa shape index (κ3) is 34.5. The molecule has 17 heteroatoms. The summed E-state index contributed by atoms with van der Waals surface area (Å²) in [7, 11) is 0. The molecule has 0 saturated heterocycles. The Labute approximate surface area is 400 Å². The Hall–Kier alpha value is -3.80. The van der Waals surface area contributed by atoms with Gasteiger partial charge in [-0.15, -0.1) is 0 Å². The van der Waals surface area contributed by atoms with Crippen molar-refractivity contribution in [2.45, 2.75) is 156 Å². The van der Waals surface area contributed by atoms with E-state index in [-0.39, 0.29) is 70.9 Å². The van der Waals surface area contributed by atoms with Gasteiger partial charge in [0.25, 0.3) is 0 Å². The van der Waals surface area contributed by atoms with Crippen molar-refractivity contribution >= 4 is 41.9 Å². The SMILES string of the molecule is CCCCCCCCCCNC(=O)OC[C@H](CSC[C@H](NC(=O)OCc1ccccc1)C(=O)NCCOCCOCCOCC(C(=O)O)C(C)(C)C)OC(=O)NCCCCCCCCCC. The van der Waals surface area contributed by atoms with Gasteiger partial charge in [0.05, 0.1) is 45.6 Å². The van der Waals surface area contributed by atoms with Crippen LogP contribution in [0.1, 0.15) is 143 Å². The first-order chi connectivity index (χ1) is 31.9. The number of hydrogen-bond donors (Lipinski definition) is 5. The zero-order valence-corrected chi connectivity index (χ0v) is 41.8. The minimum atomic E-state index is -1.02. The van der Waals surface area contributed by atoms with Crippen LogP contribution in [-0.2, 0) is 44.6 Å². The molecule has 0 bridgehead atoms. The van der Waals surface area contributed by atoms with Gasteiger partial charge >= 0.3 is 24.2 Å². The monoisotopic (exact) mass is 955 g/mol. The molecular formula is C49H86N4O12S. The number of nitrogens with one attached hydrogen (secondary N) is 4. The first kappa shape index (κ1) is 60.2. The number of thioether (sulfide) groups is 1. The Balaban J connectivity index is 2.71. The lowest BCUT2D eigenvalue weighted by Crippen LogP contribution is -2.49. The summed E-state index contributed by atoms with van der Waals surface area (Å²) in [6, 6.07) is 8.14. The van der Waals surface area contributed by atoms with E-state index in [9.17, 15) is 29.1 Å². The topological polar surface area (TPSA) is 209 Å². The molecule has 1 unspecified atom stereocenters. The number of carbonyl (C=O) groups excluding carboxylic acids is 4. The molecule has 0 radical (unpaired) electrons. The van der Waals surface area contributed by atoms with Crippen molar-refractivity contribution in [3.05, 3.63) is 35.9 Å². The Bertz CT molecular complexity index is 1400. The van der Waals surface area contributed by atoms with Gasteiger partial charge in [-0.05, 0) is 23.8 Å². The maximum atomic E-state index is 13.4. The van der Waals surface area contributed by atoms with E-state index in [0.29, 0.717) is 13.1 Å². The average Bonchev–Trinajstić information content (AvgIpc) is 3.28. The number of rotatable bonds is 41. The number of aliphatic carboxylic acids is 1. The van der Waals surface area contributed by atoms with E-state index in [4.69, 9.17) is 28.4 Å². The molecule has 0 heterocycles. The number of benzene rings is 1. The quantitative estimate of drug-likeness (QED) is 0.0307. The summed E-state index contributed by atoms with van der Waals surface area (Å²) >= 11 is 1.25. The van der Waals surface area contributed by atoms with E-state index in [1.165, 1.54) is 76.0 Å². The molecular weight excluding hydrogens is 869 g/mol. The number of alkyl carbamates (subject to hydrolysis) is 3. The lowest BCUT2D eigenvalue weighted by atomic mass is 9.81. The van der Waals surface area contributed by atoms with E-state index in [1.807, 2.05) is 51.1 Å². The smallest absolute Gasteiger partial charge is 0.408 e. The van der Waals surface area contributed by atoms with Gasteiger partial charge in [0.2, 0.25) is 5.91 Å². The van der Waals surface area contributed by atoms with Crippen molar-refractivity contribution in [1.82, 2.24) is 21.3 Å². The fraction of sp³-hybridized carbons (Fsp3) is 0.776. The van der Waals surface area contributed by atoms with Crippen molar-refractivity contribution in [3.8, 4) is 0 Å². The summed E-state index contributed by atoms with van der Waals surface area (Å²) in [4.78, 5) is 63.3. The Morgan fingerprint density at radius 1 is 0.591 bits per heavy atom. The summed E-state index contributed by atoms with van der Waals surface area (Å²) in [5.41, 5.74) is 0.355. The number of amides is 4. The molecule has 16 nitrogen and oxygen atoms in total. The summed E-state index contributed by atoms with van der Waals surface area (Å²) in [5.74, 6) is -1.73. The summed E-state index contributed by atoms with van der Waals surface area (Å²) in [5, 5.41) is 20.5. The highest BCUT2D eigenvalue weighted by Gasteiger charge is 2.31. The minimum absolute atomic E-state index is 0.0123. The Morgan fingerprint density at radius 3 is 1.68 bits per heavy atom. The minimum Gasteiger partial charge on any atom is -0.481 e. The van der Waals surface area contributed by atoms with Gasteiger partial charge in [-0.1, -0.05) is 155 Å². The molecule has 0 aliphatic heterocycles. The lowest BCUT2D eigenvalue weighted by molar-refractivity contribution is -0.148. The van der Waals surface area contributed by atoms with Crippen LogP contribution < -0.4 is 21.3 Å². The highest BCUT2D eigenvalue weighted by molar-refractivity contribution is 7.99. The molecule has 0 aliphatic rings. The summed E-state index contributed by atoms with van der Waals surface area (Å²) < 4.78 is 33.2. The number of carbonyl (C=O) groups is 5. The molecule has 3 atom stereocenters. The standard InChI is InChI=1S/C49H86N4O12S/c1-6-8-10-12-14-16-18-23-27-51-46(57)64-36-41(65-47(58)52-28-24-19-17-15-13-11-9-7-2)38-66-39-43(53-48(59)63-35-40-25-21-20-22-26-40)44(54)50-29-30-60-31-32-61-33-34-62-37-42(45(55)56)49(3,4)5/h20-22,25-26,41-43H,6-19,23-24,27-39H2,1-5H3,(H,50,54)(H,51,57)(H,52,58)(H,53,59)(H,55,56)/t41-,42?,43+/m1/s1. The van der Waals surface area contributed by atoms with Gasteiger partial charge in [-0.25, -0.2) is 14.4 Å². The van der Waals surface area contributed by atoms with Gasteiger partial charge in [-0.3, -0.25) is 9.59 Å². The molecule has 0 fully saturated rings. The van der Waals surface area contributed by atoms with Crippen molar-refractivity contribution in [3.63, 3.8) is 0 Å². The molecule has 0 saturated carbocycles. The maximum absolute atomic E-state index is 13.4. The van der Waals surface area contributed by atoms with E-state index in [2.05, 4.69) is 35.1 Å². The number of carboxylic acids is 1. The molecule has 1 aromatic carbocycles. The molecule has 1 rings (SSSR count). The van der Waals surface area contributed by atoms with Crippen LogP contribution in [0.2, 0.25) is 0 Å². The van der Waals surface area contributed by atoms with Crippen LogP contribution in [0.15, 0.2) is 30.3 Å². The second kappa shape index (κ2) is 40.3. The molecule has 0 aliphatic carbocycles. The predicted octanol–water partition coefficient (Wildman–Crippen LogP) is 9.03. The zero-order valence-electron chi connectivity index (χ0n) is 41.0. The van der Waals surface area contributed by atoms with E-state index >= 15 is 0 Å². The number of unbranched alkanes of at least 4 members (excludes halogenated alkanes) is 14. The highest BCUT2D eigenvalue weighted by Crippen LogP contribution is 2.26. The molecule has 4 amide bonds. The highest BCUT2D eigenvalue weighted by atomic mass is 32.2. The van der Waals surface area contributed by atoms with Crippen molar-refractivity contribution in [2.75, 3.05) is 77.4 Å². The molecule has 66 heavy (non-hydrogen) atoms. The fourth-order valence-electron chi connectivity index (χ4n) is 6.54. The van der Waals surface area contributed by atoms with Crippen LogP contribution in [-0.4, -0.2) is 125 Å². The Kier molecular flexibility index (Phi) is 36.8. The predicted molar refractivity (Wildman–Crippen MR) is 260 cm³/mol. The summed E-state index contributed by atoms with van der Waals surface area (Å²) in [6.45, 7) is 12.2. The second-order valence-corrected chi connectivity index (χ2v) is 18.6. The van der Waals surface area contributed by atoms with Crippen LogP contribution in [0.25, 0.3) is 0 Å². The van der Waals surface area contributed by atoms with Crippen LogP contribution in [0.3, 0.4) is 0 Å². The third-order valence-corrected chi connectivity index (χ3v) is 11.8. The molecule has 0 aromatic heterocycles. The van der Waals surface area contributed by atoms with Gasteiger partial charge in [-0.2, -0.15) is 11.8 Å². The van der Waals surface area contributed by atoms with Crippen LogP contribution in [0.5, 0.6) is 0 Å². The largest absolute Gasteiger partial charge is 0.481 e. The zero-order chi connectivity index (χ0) is 48.5. The second-order valence-electron chi connectivity index (χ2n) is 17.6. The van der Waals surface area contributed by atoms with E-state index < -0.39 is 53.6 Å². The van der Waals surface area contributed by atoms with E-state index in [1.54, 1.807) is 0 Å². The molecule has 5 N–H and O–H groups in total. The number of ether oxygens (including phenoxy) is 6. The molecule has 380 valence electrons. The normalized spacial score (nSPS) is 12.7. The fourth-order valence-corrected chi connectivity index (χ4v) is 7.57. The van der Waals surface area contributed by atoms with Crippen molar-refractivity contribution < 1.29 is 57.5 Å². The van der Waals surface area contributed by atoms with Crippen molar-refractivity contribution in [1.29, 1.82) is 0 Å². The number of carboxylic acid groups (broad SMARTS) is 1. The first-order valence-corrected chi connectivity index (χ1v) is 25.7.